The Bertz CT molecular complexity index is 348. The molecule has 3 atom stereocenters. The Morgan fingerprint density at radius 3 is 3.00 bits per heavy atom. The fourth-order valence-corrected chi connectivity index (χ4v) is 2.55. The van der Waals surface area contributed by atoms with Crippen LogP contribution >= 0.6 is 0 Å². The molecule has 1 N–H and O–H groups in total. The number of hydrogen-bond acceptors (Lipinski definition) is 2. The third-order valence-corrected chi connectivity index (χ3v) is 3.28. The van der Waals surface area contributed by atoms with E-state index in [1.807, 2.05) is 6.07 Å². The molecule has 0 unspecified atom stereocenters. The molecule has 0 radical (unpaired) electrons. The largest absolute Gasteiger partial charge is 0.390 e. The summed E-state index contributed by atoms with van der Waals surface area (Å²) in [4.78, 5) is 0. The van der Waals surface area contributed by atoms with E-state index < -0.39 is 0 Å². The van der Waals surface area contributed by atoms with Gasteiger partial charge in [-0.15, -0.1) is 0 Å². The van der Waals surface area contributed by atoms with Crippen LogP contribution in [0.15, 0.2) is 24.3 Å². The smallest absolute Gasteiger partial charge is 0.109 e. The summed E-state index contributed by atoms with van der Waals surface area (Å²) < 4.78 is 5.81. The van der Waals surface area contributed by atoms with Gasteiger partial charge in [-0.3, -0.25) is 0 Å². The third kappa shape index (κ3) is 1.18. The van der Waals surface area contributed by atoms with Crippen molar-refractivity contribution in [3.05, 3.63) is 35.4 Å². The van der Waals surface area contributed by atoms with Crippen molar-refractivity contribution in [1.82, 2.24) is 0 Å². The first-order chi connectivity index (χ1) is 6.84. The second kappa shape index (κ2) is 3.07. The van der Waals surface area contributed by atoms with Gasteiger partial charge < -0.3 is 9.84 Å². The molecule has 0 aromatic heterocycles. The number of benzene rings is 1. The molecule has 1 aromatic rings. The third-order valence-electron chi connectivity index (χ3n) is 3.28. The van der Waals surface area contributed by atoms with Crippen molar-refractivity contribution < 1.29 is 9.84 Å². The summed E-state index contributed by atoms with van der Waals surface area (Å²) in [5.41, 5.74) is 2.54. The van der Waals surface area contributed by atoms with Crippen LogP contribution in [-0.4, -0.2) is 17.3 Å². The molecular weight excluding hydrogens is 176 g/mol. The minimum absolute atomic E-state index is 0.0706. The second-order valence-corrected chi connectivity index (χ2v) is 4.23. The van der Waals surface area contributed by atoms with Gasteiger partial charge in [0, 0.05) is 0 Å². The maximum Gasteiger partial charge on any atom is 0.109 e. The van der Waals surface area contributed by atoms with E-state index in [1.165, 1.54) is 11.1 Å². The average molecular weight is 190 g/mol. The van der Waals surface area contributed by atoms with Gasteiger partial charge in [-0.2, -0.15) is 0 Å². The lowest BCUT2D eigenvalue weighted by atomic mass is 9.85. The molecule has 3 rings (SSSR count). The molecule has 0 saturated carbocycles. The van der Waals surface area contributed by atoms with Crippen molar-refractivity contribution in [3.8, 4) is 0 Å². The van der Waals surface area contributed by atoms with Crippen LogP contribution in [0.3, 0.4) is 0 Å². The summed E-state index contributed by atoms with van der Waals surface area (Å²) >= 11 is 0. The van der Waals surface area contributed by atoms with Gasteiger partial charge in [-0.1, -0.05) is 24.3 Å². The van der Waals surface area contributed by atoms with Crippen LogP contribution in [-0.2, 0) is 11.2 Å². The van der Waals surface area contributed by atoms with Crippen LogP contribution in [0.5, 0.6) is 0 Å². The molecule has 1 fully saturated rings. The normalized spacial score (nSPS) is 35.1. The highest BCUT2D eigenvalue weighted by atomic mass is 16.5. The quantitative estimate of drug-likeness (QED) is 0.676. The van der Waals surface area contributed by atoms with Gasteiger partial charge in [0.25, 0.3) is 0 Å². The zero-order valence-corrected chi connectivity index (χ0v) is 8.02. The zero-order chi connectivity index (χ0) is 9.54. The predicted molar refractivity (Wildman–Crippen MR) is 53.0 cm³/mol. The molecule has 1 aromatic carbocycles. The number of ether oxygens (including phenoxy) is 1. The van der Waals surface area contributed by atoms with Gasteiger partial charge >= 0.3 is 0 Å². The highest BCUT2D eigenvalue weighted by Crippen LogP contribution is 2.39. The molecule has 0 aliphatic carbocycles. The number of hydrogen-bond donors (Lipinski definition) is 1. The summed E-state index contributed by atoms with van der Waals surface area (Å²) in [5.74, 6) is 0. The lowest BCUT2D eigenvalue weighted by molar-refractivity contribution is -0.128. The lowest BCUT2D eigenvalue weighted by Crippen LogP contribution is -2.38. The number of aliphatic hydroxyl groups is 1. The van der Waals surface area contributed by atoms with E-state index in [-0.39, 0.29) is 12.2 Å². The minimum atomic E-state index is -0.312. The minimum Gasteiger partial charge on any atom is -0.390 e. The van der Waals surface area contributed by atoms with Crippen LogP contribution in [0.4, 0.5) is 0 Å². The van der Waals surface area contributed by atoms with Crippen molar-refractivity contribution in [1.29, 1.82) is 0 Å². The molecule has 1 saturated heterocycles. The van der Waals surface area contributed by atoms with Gasteiger partial charge in [0.2, 0.25) is 0 Å². The monoisotopic (exact) mass is 190 g/mol. The fourth-order valence-electron chi connectivity index (χ4n) is 2.55. The van der Waals surface area contributed by atoms with Crippen molar-refractivity contribution in [2.24, 2.45) is 0 Å². The summed E-state index contributed by atoms with van der Waals surface area (Å²) in [7, 11) is 0. The van der Waals surface area contributed by atoms with E-state index in [2.05, 4.69) is 18.2 Å². The molecular formula is C12H14O2. The first-order valence-corrected chi connectivity index (χ1v) is 5.26. The Kier molecular flexibility index (Phi) is 1.85. The molecule has 0 amide bonds. The van der Waals surface area contributed by atoms with Crippen LogP contribution in [0.1, 0.15) is 30.1 Å². The van der Waals surface area contributed by atoms with E-state index in [0.29, 0.717) is 6.10 Å². The number of rotatable bonds is 0. The van der Waals surface area contributed by atoms with Crippen molar-refractivity contribution >= 4 is 0 Å². The first kappa shape index (κ1) is 8.45. The maximum atomic E-state index is 9.84. The Balaban J connectivity index is 2.06. The first-order valence-electron chi connectivity index (χ1n) is 5.26. The number of fused-ring (bicyclic) bond motifs is 4. The van der Waals surface area contributed by atoms with Gasteiger partial charge in [-0.25, -0.2) is 0 Å². The summed E-state index contributed by atoms with van der Waals surface area (Å²) in [5, 5.41) is 9.84. The van der Waals surface area contributed by atoms with Crippen LogP contribution in [0.25, 0.3) is 0 Å². The summed E-state index contributed by atoms with van der Waals surface area (Å²) in [6.45, 7) is 0. The molecule has 2 aliphatic heterocycles. The average Bonchev–Trinajstić information content (AvgIpc) is 2.23. The molecule has 2 nitrogen and oxygen atoms in total. The zero-order valence-electron chi connectivity index (χ0n) is 8.02. The van der Waals surface area contributed by atoms with Gasteiger partial charge in [0.15, 0.2) is 0 Å². The highest BCUT2D eigenvalue weighted by molar-refractivity contribution is 5.33. The second-order valence-electron chi connectivity index (χ2n) is 4.23. The maximum absolute atomic E-state index is 9.84. The highest BCUT2D eigenvalue weighted by Gasteiger charge is 2.36. The lowest BCUT2D eigenvalue weighted by Gasteiger charge is -2.39. The summed E-state index contributed by atoms with van der Waals surface area (Å²) in [6.07, 6.45) is 2.83. The Morgan fingerprint density at radius 1 is 1.21 bits per heavy atom. The van der Waals surface area contributed by atoms with E-state index in [4.69, 9.17) is 4.74 Å². The van der Waals surface area contributed by atoms with Gasteiger partial charge in [0.1, 0.15) is 6.10 Å². The summed E-state index contributed by atoms with van der Waals surface area (Å²) in [6, 6.07) is 8.30. The van der Waals surface area contributed by atoms with Gasteiger partial charge in [-0.05, 0) is 30.4 Å². The topological polar surface area (TPSA) is 29.5 Å². The molecule has 0 spiro atoms. The van der Waals surface area contributed by atoms with E-state index in [0.717, 1.165) is 19.3 Å². The van der Waals surface area contributed by atoms with E-state index in [9.17, 15) is 5.11 Å². The fraction of sp³-hybridized carbons (Fsp3) is 0.500. The van der Waals surface area contributed by atoms with Gasteiger partial charge in [0.05, 0.1) is 12.2 Å². The van der Waals surface area contributed by atoms with Crippen LogP contribution in [0.2, 0.25) is 0 Å². The van der Waals surface area contributed by atoms with E-state index in [1.54, 1.807) is 0 Å². The van der Waals surface area contributed by atoms with Crippen molar-refractivity contribution in [3.63, 3.8) is 0 Å². The molecule has 2 heteroatoms. The standard InChI is InChI=1S/C12H14O2/c13-11-6-5-9-7-8-3-1-2-4-10(8)12(11)14-9/h1-4,9,11-13H,5-7H2/t9-,11-,12-/m0/s1. The molecule has 2 aliphatic rings. The van der Waals surface area contributed by atoms with Crippen LogP contribution in [0, 0.1) is 0 Å². The predicted octanol–water partition coefficient (Wildman–Crippen LogP) is 1.82. The van der Waals surface area contributed by atoms with Crippen molar-refractivity contribution in [2.45, 2.75) is 37.6 Å². The Morgan fingerprint density at radius 2 is 2.07 bits per heavy atom. The Labute approximate surface area is 83.5 Å². The van der Waals surface area contributed by atoms with Crippen LogP contribution < -0.4 is 0 Å². The molecule has 2 heterocycles. The SMILES string of the molecule is O[C@H]1CC[C@H]2Cc3ccccc3[C@@H]1O2. The van der Waals surface area contributed by atoms with Crippen molar-refractivity contribution in [2.75, 3.05) is 0 Å². The number of aliphatic hydroxyl groups excluding tert-OH is 1. The molecule has 14 heavy (non-hydrogen) atoms. The molecule has 74 valence electrons. The molecule has 2 bridgehead atoms. The van der Waals surface area contributed by atoms with E-state index >= 15 is 0 Å². The Hall–Kier alpha value is -0.860.